The predicted molar refractivity (Wildman–Crippen MR) is 83.5 cm³/mol. The fourth-order valence-corrected chi connectivity index (χ4v) is 2.88. The van der Waals surface area contributed by atoms with Crippen LogP contribution in [0.1, 0.15) is 28.4 Å². The Bertz CT molecular complexity index is 878. The van der Waals surface area contributed by atoms with Crippen LogP contribution in [-0.4, -0.2) is 11.3 Å². The van der Waals surface area contributed by atoms with Crippen molar-refractivity contribution in [2.45, 2.75) is 19.5 Å². The van der Waals surface area contributed by atoms with Crippen LogP contribution in [0.15, 0.2) is 42.5 Å². The second kappa shape index (κ2) is 5.57. The molecule has 0 amide bonds. The first-order valence-corrected chi connectivity index (χ1v) is 7.22. The number of halogens is 3. The number of nitrogens with one attached hydrogen (secondary N) is 1. The molecule has 2 aromatic carbocycles. The average Bonchev–Trinajstić information content (AvgIpc) is 2.92. The van der Waals surface area contributed by atoms with E-state index in [1.54, 1.807) is 12.1 Å². The molecule has 0 spiro atoms. The number of carbonyl (C=O) groups is 1. The van der Waals surface area contributed by atoms with E-state index in [0.717, 1.165) is 18.1 Å². The quantitative estimate of drug-likeness (QED) is 0.659. The maximum absolute atomic E-state index is 13.3. The molecule has 0 bridgehead atoms. The molecule has 0 aliphatic rings. The molecule has 1 heterocycles. The normalized spacial score (nSPS) is 11.8. The molecule has 1 N–H and O–H groups in total. The van der Waals surface area contributed by atoms with Crippen molar-refractivity contribution in [1.29, 1.82) is 0 Å². The van der Waals surface area contributed by atoms with Crippen molar-refractivity contribution in [3.8, 4) is 11.3 Å². The lowest BCUT2D eigenvalue weighted by Crippen LogP contribution is -2.07. The summed E-state index contributed by atoms with van der Waals surface area (Å²) >= 11 is 0. The number of hydrogen-bond acceptors (Lipinski definition) is 1. The molecule has 3 aromatic rings. The van der Waals surface area contributed by atoms with E-state index in [9.17, 15) is 18.0 Å². The van der Waals surface area contributed by atoms with Crippen LogP contribution in [0.25, 0.3) is 22.2 Å². The summed E-state index contributed by atoms with van der Waals surface area (Å²) in [5.41, 5.74) is 1.37. The zero-order valence-electron chi connectivity index (χ0n) is 12.4. The average molecular weight is 317 g/mol. The topological polar surface area (TPSA) is 32.9 Å². The second-order valence-electron chi connectivity index (χ2n) is 5.27. The van der Waals surface area contributed by atoms with E-state index < -0.39 is 11.7 Å². The minimum Gasteiger partial charge on any atom is -0.354 e. The van der Waals surface area contributed by atoms with Gasteiger partial charge in [-0.25, -0.2) is 0 Å². The molecular weight excluding hydrogens is 303 g/mol. The van der Waals surface area contributed by atoms with Crippen molar-refractivity contribution in [1.82, 2.24) is 4.98 Å². The van der Waals surface area contributed by atoms with Gasteiger partial charge in [-0.2, -0.15) is 13.2 Å². The van der Waals surface area contributed by atoms with Crippen molar-refractivity contribution < 1.29 is 18.0 Å². The largest absolute Gasteiger partial charge is 0.417 e. The van der Waals surface area contributed by atoms with Crippen molar-refractivity contribution >= 4 is 17.2 Å². The Morgan fingerprint density at radius 1 is 1.09 bits per heavy atom. The standard InChI is InChI=1S/C18H14F3NO/c1-2-11-6-5-8-12-14(10-23)17(22-16(11)12)13-7-3-4-9-15(13)18(19,20)21/h3-10,22H,2H2,1H3. The molecule has 0 aliphatic carbocycles. The van der Waals surface area contributed by atoms with Crippen LogP contribution in [0.2, 0.25) is 0 Å². The summed E-state index contributed by atoms with van der Waals surface area (Å²) in [6.07, 6.45) is -3.15. The van der Waals surface area contributed by atoms with Gasteiger partial charge in [-0.15, -0.1) is 0 Å². The first-order chi connectivity index (χ1) is 11.0. The fourth-order valence-electron chi connectivity index (χ4n) is 2.88. The summed E-state index contributed by atoms with van der Waals surface area (Å²) in [4.78, 5) is 14.6. The van der Waals surface area contributed by atoms with E-state index in [-0.39, 0.29) is 16.8 Å². The molecule has 23 heavy (non-hydrogen) atoms. The summed E-state index contributed by atoms with van der Waals surface area (Å²) in [5, 5.41) is 0.645. The number of rotatable bonds is 3. The van der Waals surface area contributed by atoms with Crippen LogP contribution < -0.4 is 0 Å². The van der Waals surface area contributed by atoms with Crippen LogP contribution in [0, 0.1) is 0 Å². The van der Waals surface area contributed by atoms with E-state index in [2.05, 4.69) is 4.98 Å². The highest BCUT2D eigenvalue weighted by atomic mass is 19.4. The van der Waals surface area contributed by atoms with Crippen molar-refractivity contribution in [2.24, 2.45) is 0 Å². The summed E-state index contributed by atoms with van der Waals surface area (Å²) in [7, 11) is 0. The number of fused-ring (bicyclic) bond motifs is 1. The molecule has 0 saturated carbocycles. The van der Waals surface area contributed by atoms with Gasteiger partial charge in [-0.05, 0) is 18.1 Å². The number of benzene rings is 2. The van der Waals surface area contributed by atoms with Crippen LogP contribution in [0.3, 0.4) is 0 Å². The van der Waals surface area contributed by atoms with E-state index in [1.165, 1.54) is 18.2 Å². The SMILES string of the molecule is CCc1cccc2c(C=O)c(-c3ccccc3C(F)(F)F)[nH]c12. The molecule has 118 valence electrons. The summed E-state index contributed by atoms with van der Waals surface area (Å²) in [6, 6.07) is 10.7. The number of aromatic amines is 1. The Labute approximate surface area is 130 Å². The Balaban J connectivity index is 2.36. The van der Waals surface area contributed by atoms with Crippen LogP contribution in [0.4, 0.5) is 13.2 Å². The van der Waals surface area contributed by atoms with Crippen molar-refractivity contribution in [3.05, 3.63) is 59.2 Å². The van der Waals surface area contributed by atoms with Crippen molar-refractivity contribution in [3.63, 3.8) is 0 Å². The molecule has 0 aliphatic heterocycles. The Morgan fingerprint density at radius 3 is 2.48 bits per heavy atom. The van der Waals surface area contributed by atoms with Crippen LogP contribution in [0.5, 0.6) is 0 Å². The highest BCUT2D eigenvalue weighted by Crippen LogP contribution is 2.39. The van der Waals surface area contributed by atoms with Gasteiger partial charge in [0.2, 0.25) is 0 Å². The lowest BCUT2D eigenvalue weighted by molar-refractivity contribution is -0.137. The van der Waals surface area contributed by atoms with Gasteiger partial charge in [-0.3, -0.25) is 4.79 Å². The summed E-state index contributed by atoms with van der Waals surface area (Å²) < 4.78 is 39.8. The van der Waals surface area contributed by atoms with Crippen molar-refractivity contribution in [2.75, 3.05) is 0 Å². The number of carbonyl (C=O) groups excluding carboxylic acids is 1. The molecule has 0 unspecified atom stereocenters. The second-order valence-corrected chi connectivity index (χ2v) is 5.27. The van der Waals surface area contributed by atoms with Gasteiger partial charge in [-0.1, -0.05) is 43.3 Å². The molecule has 1 aromatic heterocycles. The zero-order chi connectivity index (χ0) is 16.6. The molecule has 0 fully saturated rings. The van der Waals surface area contributed by atoms with Gasteiger partial charge in [0, 0.05) is 22.0 Å². The number of alkyl halides is 3. The predicted octanol–water partition coefficient (Wildman–Crippen LogP) is 5.23. The van der Waals surface area contributed by atoms with Gasteiger partial charge in [0.1, 0.15) is 0 Å². The molecule has 0 saturated heterocycles. The number of aromatic nitrogens is 1. The first-order valence-electron chi connectivity index (χ1n) is 7.22. The molecule has 2 nitrogen and oxygen atoms in total. The van der Waals surface area contributed by atoms with E-state index in [4.69, 9.17) is 0 Å². The summed E-state index contributed by atoms with van der Waals surface area (Å²) in [5.74, 6) is 0. The fraction of sp³-hybridized carbons (Fsp3) is 0.167. The number of hydrogen-bond donors (Lipinski definition) is 1. The van der Waals surface area contributed by atoms with E-state index in [1.807, 2.05) is 13.0 Å². The molecule has 0 atom stereocenters. The Hall–Kier alpha value is -2.56. The molecule has 5 heteroatoms. The lowest BCUT2D eigenvalue weighted by Gasteiger charge is -2.12. The zero-order valence-corrected chi connectivity index (χ0v) is 12.4. The van der Waals surface area contributed by atoms with Gasteiger partial charge < -0.3 is 4.98 Å². The highest BCUT2D eigenvalue weighted by molar-refractivity contribution is 6.05. The third kappa shape index (κ3) is 2.52. The molecule has 3 rings (SSSR count). The van der Waals surface area contributed by atoms with Gasteiger partial charge in [0.15, 0.2) is 6.29 Å². The van der Waals surface area contributed by atoms with Gasteiger partial charge in [0.25, 0.3) is 0 Å². The number of aryl methyl sites for hydroxylation is 1. The third-order valence-electron chi connectivity index (χ3n) is 3.96. The van der Waals surface area contributed by atoms with E-state index in [0.29, 0.717) is 17.2 Å². The van der Waals surface area contributed by atoms with Crippen LogP contribution >= 0.6 is 0 Å². The van der Waals surface area contributed by atoms with Gasteiger partial charge in [0.05, 0.1) is 11.3 Å². The smallest absolute Gasteiger partial charge is 0.354 e. The Morgan fingerprint density at radius 2 is 1.83 bits per heavy atom. The maximum Gasteiger partial charge on any atom is 0.417 e. The molecular formula is C18H14F3NO. The van der Waals surface area contributed by atoms with Crippen LogP contribution in [-0.2, 0) is 12.6 Å². The minimum atomic E-state index is -4.48. The maximum atomic E-state index is 13.3. The molecule has 0 radical (unpaired) electrons. The minimum absolute atomic E-state index is 0.0136. The highest BCUT2D eigenvalue weighted by Gasteiger charge is 2.34. The van der Waals surface area contributed by atoms with E-state index >= 15 is 0 Å². The monoisotopic (exact) mass is 317 g/mol. The number of aldehydes is 1. The number of para-hydroxylation sites is 1. The summed E-state index contributed by atoms with van der Waals surface area (Å²) in [6.45, 7) is 1.96. The third-order valence-corrected chi connectivity index (χ3v) is 3.96. The van der Waals surface area contributed by atoms with Gasteiger partial charge >= 0.3 is 6.18 Å². The Kier molecular flexibility index (Phi) is 3.72. The first kappa shape index (κ1) is 15.3. The lowest BCUT2D eigenvalue weighted by atomic mass is 10.00. The number of H-pyrrole nitrogens is 1.